The van der Waals surface area contributed by atoms with Gasteiger partial charge in [-0.3, -0.25) is 0 Å². The zero-order valence-corrected chi connectivity index (χ0v) is 9.99. The predicted molar refractivity (Wildman–Crippen MR) is 57.3 cm³/mol. The van der Waals surface area contributed by atoms with Gasteiger partial charge in [0.2, 0.25) is 0 Å². The Kier molecular flexibility index (Phi) is 7.15. The van der Waals surface area contributed by atoms with Crippen molar-refractivity contribution < 1.29 is 14.6 Å². The van der Waals surface area contributed by atoms with Gasteiger partial charge in [-0.25, -0.2) is 0 Å². The van der Waals surface area contributed by atoms with Crippen molar-refractivity contribution in [3.05, 3.63) is 0 Å². The van der Waals surface area contributed by atoms with Crippen LogP contribution in [-0.4, -0.2) is 36.6 Å². The lowest BCUT2D eigenvalue weighted by atomic mass is 10.1. The van der Waals surface area contributed by atoms with E-state index < -0.39 is 6.10 Å². The molecule has 0 radical (unpaired) electrons. The van der Waals surface area contributed by atoms with Gasteiger partial charge < -0.3 is 14.6 Å². The number of rotatable bonds is 7. The summed E-state index contributed by atoms with van der Waals surface area (Å²) in [6, 6.07) is 0. The Morgan fingerprint density at radius 3 is 1.93 bits per heavy atom. The van der Waals surface area contributed by atoms with Crippen molar-refractivity contribution in [3.8, 4) is 0 Å². The van der Waals surface area contributed by atoms with E-state index in [4.69, 9.17) is 14.6 Å². The highest BCUT2D eigenvalue weighted by Crippen LogP contribution is 2.06. The Bertz CT molecular complexity index is 134. The molecule has 0 bridgehead atoms. The van der Waals surface area contributed by atoms with Crippen molar-refractivity contribution in [2.24, 2.45) is 5.92 Å². The molecule has 0 amide bonds. The molecule has 0 aromatic heterocycles. The summed E-state index contributed by atoms with van der Waals surface area (Å²) in [4.78, 5) is 0. The molecule has 0 aliphatic carbocycles. The third-order valence-corrected chi connectivity index (χ3v) is 2.15. The zero-order valence-electron chi connectivity index (χ0n) is 9.99. The second-order valence-corrected chi connectivity index (χ2v) is 4.28. The monoisotopic (exact) mass is 204 g/mol. The normalized spacial score (nSPS) is 18.2. The van der Waals surface area contributed by atoms with Crippen LogP contribution in [0.4, 0.5) is 0 Å². The van der Waals surface area contributed by atoms with Crippen LogP contribution < -0.4 is 0 Å². The van der Waals surface area contributed by atoms with Crippen LogP contribution >= 0.6 is 0 Å². The molecular formula is C11H24O3. The molecule has 0 aliphatic heterocycles. The maximum atomic E-state index is 9.00. The molecule has 0 saturated heterocycles. The molecule has 0 aromatic carbocycles. The summed E-state index contributed by atoms with van der Waals surface area (Å²) in [5, 5.41) is 9.00. The lowest BCUT2D eigenvalue weighted by Gasteiger charge is -2.20. The maximum absolute atomic E-state index is 9.00. The van der Waals surface area contributed by atoms with E-state index in [1.54, 1.807) is 6.92 Å². The van der Waals surface area contributed by atoms with E-state index >= 15 is 0 Å². The molecule has 14 heavy (non-hydrogen) atoms. The minimum Gasteiger partial charge on any atom is -0.391 e. The average Bonchev–Trinajstić information content (AvgIpc) is 2.10. The van der Waals surface area contributed by atoms with Crippen LogP contribution in [0.25, 0.3) is 0 Å². The number of hydrogen-bond acceptors (Lipinski definition) is 3. The van der Waals surface area contributed by atoms with Crippen molar-refractivity contribution in [2.45, 2.75) is 52.9 Å². The van der Waals surface area contributed by atoms with E-state index in [-0.39, 0.29) is 12.2 Å². The van der Waals surface area contributed by atoms with Crippen LogP contribution in [0, 0.1) is 5.92 Å². The fourth-order valence-corrected chi connectivity index (χ4v) is 0.831. The first kappa shape index (κ1) is 13.9. The second kappa shape index (κ2) is 7.21. The smallest absolute Gasteiger partial charge is 0.0781 e. The molecule has 3 unspecified atom stereocenters. The fraction of sp³-hybridized carbons (Fsp3) is 1.00. The topological polar surface area (TPSA) is 38.7 Å². The zero-order chi connectivity index (χ0) is 11.1. The van der Waals surface area contributed by atoms with Gasteiger partial charge in [-0.15, -0.1) is 0 Å². The second-order valence-electron chi connectivity index (χ2n) is 4.28. The van der Waals surface area contributed by atoms with E-state index in [1.165, 1.54) is 0 Å². The van der Waals surface area contributed by atoms with Gasteiger partial charge in [0.25, 0.3) is 0 Å². The van der Waals surface area contributed by atoms with E-state index in [2.05, 4.69) is 20.8 Å². The molecule has 0 rings (SSSR count). The van der Waals surface area contributed by atoms with Crippen LogP contribution in [0.5, 0.6) is 0 Å². The summed E-state index contributed by atoms with van der Waals surface area (Å²) >= 11 is 0. The van der Waals surface area contributed by atoms with Crippen LogP contribution in [0.2, 0.25) is 0 Å². The maximum Gasteiger partial charge on any atom is 0.0781 e. The molecular weight excluding hydrogens is 180 g/mol. The molecule has 0 heterocycles. The molecule has 0 aromatic rings. The summed E-state index contributed by atoms with van der Waals surface area (Å²) in [5.74, 6) is 0.527. The van der Waals surface area contributed by atoms with E-state index in [1.807, 2.05) is 6.92 Å². The van der Waals surface area contributed by atoms with Crippen LogP contribution in [0.3, 0.4) is 0 Å². The van der Waals surface area contributed by atoms with Crippen LogP contribution in [0.1, 0.15) is 34.6 Å². The molecule has 3 atom stereocenters. The molecule has 0 saturated carbocycles. The highest BCUT2D eigenvalue weighted by Gasteiger charge is 2.10. The average molecular weight is 204 g/mol. The van der Waals surface area contributed by atoms with Gasteiger partial charge in [0.15, 0.2) is 0 Å². The molecule has 3 nitrogen and oxygen atoms in total. The van der Waals surface area contributed by atoms with E-state index in [9.17, 15) is 0 Å². The van der Waals surface area contributed by atoms with Crippen LogP contribution in [-0.2, 0) is 9.47 Å². The fourth-order valence-electron chi connectivity index (χ4n) is 0.831. The first-order valence-corrected chi connectivity index (χ1v) is 5.34. The van der Waals surface area contributed by atoms with Gasteiger partial charge in [0.05, 0.1) is 31.5 Å². The first-order valence-electron chi connectivity index (χ1n) is 5.34. The lowest BCUT2D eigenvalue weighted by molar-refractivity contribution is -0.0612. The van der Waals surface area contributed by atoms with Gasteiger partial charge in [-0.05, 0) is 26.7 Å². The third kappa shape index (κ3) is 7.30. The van der Waals surface area contributed by atoms with E-state index in [0.717, 1.165) is 0 Å². The summed E-state index contributed by atoms with van der Waals surface area (Å²) in [6.07, 6.45) is -0.0987. The Hall–Kier alpha value is -0.120. The molecule has 3 heteroatoms. The van der Waals surface area contributed by atoms with Crippen molar-refractivity contribution >= 4 is 0 Å². The minimum atomic E-state index is -0.403. The lowest BCUT2D eigenvalue weighted by Crippen LogP contribution is -2.25. The number of aliphatic hydroxyl groups excluding tert-OH is 1. The van der Waals surface area contributed by atoms with Crippen LogP contribution in [0.15, 0.2) is 0 Å². The largest absolute Gasteiger partial charge is 0.391 e. The molecule has 1 N–H and O–H groups in total. The summed E-state index contributed by atoms with van der Waals surface area (Å²) < 4.78 is 10.9. The van der Waals surface area contributed by atoms with Gasteiger partial charge >= 0.3 is 0 Å². The third-order valence-electron chi connectivity index (χ3n) is 2.15. The van der Waals surface area contributed by atoms with Crippen molar-refractivity contribution in [1.29, 1.82) is 0 Å². The summed E-state index contributed by atoms with van der Waals surface area (Å²) in [6.45, 7) is 11.0. The van der Waals surface area contributed by atoms with Crippen molar-refractivity contribution in [3.63, 3.8) is 0 Å². The minimum absolute atomic E-state index is 0.0470. The standard InChI is InChI=1S/C11H24O3/c1-8(2)11(5)14-7-10(4)13-6-9(3)12/h8-12H,6-7H2,1-5H3. The Labute approximate surface area is 87.4 Å². The highest BCUT2D eigenvalue weighted by molar-refractivity contribution is 4.57. The quantitative estimate of drug-likeness (QED) is 0.687. The molecule has 0 spiro atoms. The Morgan fingerprint density at radius 2 is 1.50 bits per heavy atom. The number of ether oxygens (including phenoxy) is 2. The SMILES string of the molecule is CC(O)COC(C)COC(C)C(C)C. The van der Waals surface area contributed by atoms with Gasteiger partial charge in [0, 0.05) is 0 Å². The molecule has 0 fully saturated rings. The van der Waals surface area contributed by atoms with Crippen molar-refractivity contribution in [1.82, 2.24) is 0 Å². The van der Waals surface area contributed by atoms with E-state index in [0.29, 0.717) is 19.1 Å². The number of hydrogen-bond donors (Lipinski definition) is 1. The molecule has 86 valence electrons. The van der Waals surface area contributed by atoms with Gasteiger partial charge in [0.1, 0.15) is 0 Å². The summed E-state index contributed by atoms with van der Waals surface area (Å²) in [7, 11) is 0. The van der Waals surface area contributed by atoms with Crippen molar-refractivity contribution in [2.75, 3.05) is 13.2 Å². The highest BCUT2D eigenvalue weighted by atomic mass is 16.5. The first-order chi connectivity index (χ1) is 6.43. The van der Waals surface area contributed by atoms with Gasteiger partial charge in [-0.2, -0.15) is 0 Å². The molecule has 0 aliphatic rings. The van der Waals surface area contributed by atoms with Gasteiger partial charge in [-0.1, -0.05) is 13.8 Å². The Balaban J connectivity index is 3.48. The summed E-state index contributed by atoms with van der Waals surface area (Å²) in [5.41, 5.74) is 0. The number of aliphatic hydroxyl groups is 1. The predicted octanol–water partition coefficient (Wildman–Crippen LogP) is 1.83. The Morgan fingerprint density at radius 1 is 0.929 bits per heavy atom.